The number of nitriles is 1. The lowest BCUT2D eigenvalue weighted by atomic mass is 10.2. The van der Waals surface area contributed by atoms with E-state index in [0.29, 0.717) is 0 Å². The monoisotopic (exact) mass is 191 g/mol. The normalized spacial score (nSPS) is 22.4. The third kappa shape index (κ3) is 1.75. The van der Waals surface area contributed by atoms with Gasteiger partial charge in [-0.15, -0.1) is 0 Å². The topological polar surface area (TPSA) is 57.7 Å². The Morgan fingerprint density at radius 3 is 3.21 bits per heavy atom. The number of hydrogen-bond acceptors (Lipinski definition) is 4. The molecule has 5 heteroatoms. The number of nitrogens with zero attached hydrogens (tertiary/aromatic N) is 5. The summed E-state index contributed by atoms with van der Waals surface area (Å²) in [7, 11) is 1.80. The van der Waals surface area contributed by atoms with Gasteiger partial charge in [0.25, 0.3) is 0 Å². The first-order valence-electron chi connectivity index (χ1n) is 4.78. The maximum Gasteiger partial charge on any atom is 0.0981 e. The fourth-order valence-electron chi connectivity index (χ4n) is 1.83. The van der Waals surface area contributed by atoms with Gasteiger partial charge in [-0.3, -0.25) is 4.90 Å². The Morgan fingerprint density at radius 1 is 1.71 bits per heavy atom. The van der Waals surface area contributed by atoms with E-state index in [1.807, 2.05) is 0 Å². The molecule has 0 spiro atoms. The van der Waals surface area contributed by atoms with Gasteiger partial charge in [0.15, 0.2) is 0 Å². The summed E-state index contributed by atoms with van der Waals surface area (Å²) in [5, 5.41) is 17.1. The summed E-state index contributed by atoms with van der Waals surface area (Å²) in [6.45, 7) is 1.74. The number of likely N-dealkylation sites (tertiary alicyclic amines) is 1. The molecule has 2 rings (SSSR count). The zero-order chi connectivity index (χ0) is 9.97. The molecule has 0 saturated carbocycles. The van der Waals surface area contributed by atoms with Gasteiger partial charge in [-0.1, -0.05) is 0 Å². The second kappa shape index (κ2) is 3.76. The second-order valence-corrected chi connectivity index (χ2v) is 3.58. The van der Waals surface area contributed by atoms with Gasteiger partial charge in [0.05, 0.1) is 24.0 Å². The zero-order valence-corrected chi connectivity index (χ0v) is 8.22. The van der Waals surface area contributed by atoms with Crippen LogP contribution in [0.4, 0.5) is 0 Å². The van der Waals surface area contributed by atoms with Crippen LogP contribution in [-0.2, 0) is 13.6 Å². The van der Waals surface area contributed by atoms with Crippen molar-refractivity contribution >= 4 is 0 Å². The molecule has 74 valence electrons. The fourth-order valence-corrected chi connectivity index (χ4v) is 1.83. The van der Waals surface area contributed by atoms with Gasteiger partial charge in [-0.2, -0.15) is 20.3 Å². The molecular weight excluding hydrogens is 178 g/mol. The van der Waals surface area contributed by atoms with Gasteiger partial charge in [0.1, 0.15) is 0 Å². The van der Waals surface area contributed by atoms with Gasteiger partial charge in [0, 0.05) is 13.6 Å². The molecule has 5 nitrogen and oxygen atoms in total. The average molecular weight is 191 g/mol. The molecule has 1 aliphatic rings. The summed E-state index contributed by atoms with van der Waals surface area (Å²) in [4.78, 5) is 3.71. The van der Waals surface area contributed by atoms with Gasteiger partial charge in [0.2, 0.25) is 0 Å². The summed E-state index contributed by atoms with van der Waals surface area (Å²) in [6.07, 6.45) is 3.85. The Morgan fingerprint density at radius 2 is 2.57 bits per heavy atom. The van der Waals surface area contributed by atoms with Crippen LogP contribution in [0.5, 0.6) is 0 Å². The largest absolute Gasteiger partial charge is 0.282 e. The van der Waals surface area contributed by atoms with Gasteiger partial charge >= 0.3 is 0 Å². The predicted octanol–water partition coefficient (Wildman–Crippen LogP) is 0.303. The van der Waals surface area contributed by atoms with Crippen molar-refractivity contribution in [1.82, 2.24) is 19.9 Å². The average Bonchev–Trinajstić information content (AvgIpc) is 2.76. The lowest BCUT2D eigenvalue weighted by molar-refractivity contribution is 0.282. The van der Waals surface area contributed by atoms with Crippen molar-refractivity contribution in [3.8, 4) is 6.07 Å². The first-order valence-corrected chi connectivity index (χ1v) is 4.78. The second-order valence-electron chi connectivity index (χ2n) is 3.58. The van der Waals surface area contributed by atoms with Crippen molar-refractivity contribution in [1.29, 1.82) is 5.26 Å². The summed E-state index contributed by atoms with van der Waals surface area (Å²) >= 11 is 0. The van der Waals surface area contributed by atoms with Gasteiger partial charge in [-0.05, 0) is 19.4 Å². The highest BCUT2D eigenvalue weighted by atomic mass is 15.5. The molecule has 0 N–H and O–H groups in total. The van der Waals surface area contributed by atoms with Crippen LogP contribution >= 0.6 is 0 Å². The van der Waals surface area contributed by atoms with E-state index in [2.05, 4.69) is 21.2 Å². The molecule has 1 fully saturated rings. The molecule has 1 aliphatic heterocycles. The van der Waals surface area contributed by atoms with Crippen LogP contribution < -0.4 is 0 Å². The minimum absolute atomic E-state index is 0.0667. The lowest BCUT2D eigenvalue weighted by Crippen LogP contribution is -2.27. The Labute approximate surface area is 82.9 Å². The van der Waals surface area contributed by atoms with Crippen LogP contribution in [0.15, 0.2) is 6.20 Å². The lowest BCUT2D eigenvalue weighted by Gasteiger charge is -2.16. The molecule has 0 aliphatic carbocycles. The van der Waals surface area contributed by atoms with Crippen LogP contribution in [0.25, 0.3) is 0 Å². The minimum atomic E-state index is 0.0667. The van der Waals surface area contributed by atoms with Crippen molar-refractivity contribution < 1.29 is 0 Å². The molecule has 0 amide bonds. The van der Waals surface area contributed by atoms with E-state index in [1.54, 1.807) is 18.0 Å². The van der Waals surface area contributed by atoms with E-state index in [1.165, 1.54) is 0 Å². The molecule has 1 aromatic rings. The molecule has 0 aromatic carbocycles. The maximum absolute atomic E-state index is 8.89. The summed E-state index contributed by atoms with van der Waals surface area (Å²) in [6, 6.07) is 2.38. The van der Waals surface area contributed by atoms with Gasteiger partial charge in [-0.25, -0.2) is 0 Å². The highest BCUT2D eigenvalue weighted by Crippen LogP contribution is 2.18. The van der Waals surface area contributed by atoms with E-state index in [-0.39, 0.29) is 6.04 Å². The van der Waals surface area contributed by atoms with Crippen LogP contribution in [0.1, 0.15) is 18.5 Å². The molecule has 1 unspecified atom stereocenters. The minimum Gasteiger partial charge on any atom is -0.282 e. The highest BCUT2D eigenvalue weighted by molar-refractivity contribution is 5.00. The van der Waals surface area contributed by atoms with Crippen LogP contribution in [-0.4, -0.2) is 32.5 Å². The number of hydrogen-bond donors (Lipinski definition) is 0. The molecule has 0 radical (unpaired) electrons. The first-order chi connectivity index (χ1) is 6.79. The fraction of sp³-hybridized carbons (Fsp3) is 0.667. The molecule has 1 atom stereocenters. The molecular formula is C9H13N5. The van der Waals surface area contributed by atoms with E-state index in [0.717, 1.165) is 31.6 Å². The highest BCUT2D eigenvalue weighted by Gasteiger charge is 2.24. The summed E-state index contributed by atoms with van der Waals surface area (Å²) in [5.41, 5.74) is 0.939. The molecule has 14 heavy (non-hydrogen) atoms. The van der Waals surface area contributed by atoms with Crippen molar-refractivity contribution in [2.24, 2.45) is 7.05 Å². The van der Waals surface area contributed by atoms with Crippen LogP contribution in [0, 0.1) is 11.3 Å². The first kappa shape index (κ1) is 9.16. The number of rotatable bonds is 2. The number of aromatic nitrogens is 3. The van der Waals surface area contributed by atoms with E-state index in [9.17, 15) is 0 Å². The third-order valence-electron chi connectivity index (χ3n) is 2.52. The van der Waals surface area contributed by atoms with E-state index < -0.39 is 0 Å². The number of aryl methyl sites for hydroxylation is 1. The Hall–Kier alpha value is -1.41. The van der Waals surface area contributed by atoms with Crippen molar-refractivity contribution in [2.75, 3.05) is 6.54 Å². The van der Waals surface area contributed by atoms with Crippen LogP contribution in [0.3, 0.4) is 0 Å². The van der Waals surface area contributed by atoms with Crippen molar-refractivity contribution in [2.45, 2.75) is 25.4 Å². The summed E-state index contributed by atoms with van der Waals surface area (Å²) < 4.78 is 0. The molecule has 2 heterocycles. The standard InChI is InChI=1S/C9H13N5/c1-13-11-6-8(12-13)7-14-4-2-3-9(14)5-10/h6,9H,2-4,7H2,1H3. The molecule has 1 aromatic heterocycles. The summed E-state index contributed by atoms with van der Waals surface area (Å²) in [5.74, 6) is 0. The van der Waals surface area contributed by atoms with Gasteiger partial charge < -0.3 is 0 Å². The van der Waals surface area contributed by atoms with Crippen molar-refractivity contribution in [3.05, 3.63) is 11.9 Å². The maximum atomic E-state index is 8.89. The molecule has 1 saturated heterocycles. The SMILES string of the molecule is Cn1ncc(CN2CCCC2C#N)n1. The molecule has 0 bridgehead atoms. The Balaban J connectivity index is 2.01. The zero-order valence-electron chi connectivity index (χ0n) is 8.22. The van der Waals surface area contributed by atoms with E-state index in [4.69, 9.17) is 5.26 Å². The Kier molecular flexibility index (Phi) is 2.46. The van der Waals surface area contributed by atoms with Crippen molar-refractivity contribution in [3.63, 3.8) is 0 Å². The quantitative estimate of drug-likeness (QED) is 0.674. The third-order valence-corrected chi connectivity index (χ3v) is 2.52. The Bertz CT molecular complexity index is 350. The predicted molar refractivity (Wildman–Crippen MR) is 50.0 cm³/mol. The smallest absolute Gasteiger partial charge is 0.0981 e. The van der Waals surface area contributed by atoms with E-state index >= 15 is 0 Å². The van der Waals surface area contributed by atoms with Crippen LogP contribution in [0.2, 0.25) is 0 Å².